The largest absolute Gasteiger partial charge is 0.481 e. The van der Waals surface area contributed by atoms with E-state index in [0.717, 1.165) is 11.1 Å². The molecule has 0 heterocycles. The highest BCUT2D eigenvalue weighted by molar-refractivity contribution is 5.96. The molecule has 0 aliphatic rings. The van der Waals surface area contributed by atoms with Crippen LogP contribution in [0.3, 0.4) is 0 Å². The topological polar surface area (TPSA) is 69.6 Å². The number of halogens is 3. The Balaban J connectivity index is 2.50. The second-order valence-electron chi connectivity index (χ2n) is 9.87. The molecule has 0 aliphatic carbocycles. The molecular weight excluding hydrogens is 457 g/mol. The molecule has 0 aromatic heterocycles. The third-order valence-electron chi connectivity index (χ3n) is 5.47. The molecule has 0 fully saturated rings. The molecule has 5 nitrogen and oxygen atoms in total. The Morgan fingerprint density at radius 2 is 1.54 bits per heavy atom. The van der Waals surface area contributed by atoms with Crippen molar-refractivity contribution in [2.75, 3.05) is 23.3 Å². The summed E-state index contributed by atoms with van der Waals surface area (Å²) in [5.41, 5.74) is 2.51. The lowest BCUT2D eigenvalue weighted by Gasteiger charge is -2.31. The summed E-state index contributed by atoms with van der Waals surface area (Å²) in [5, 5.41) is 11.9. The Labute approximate surface area is 205 Å². The number of aliphatic carboxylic acids is 1. The Morgan fingerprint density at radius 1 is 0.971 bits per heavy atom. The van der Waals surface area contributed by atoms with E-state index in [1.54, 1.807) is 6.07 Å². The first kappa shape index (κ1) is 28.2. The highest BCUT2D eigenvalue weighted by Crippen LogP contribution is 2.40. The van der Waals surface area contributed by atoms with Crippen LogP contribution in [-0.2, 0) is 16.0 Å². The maximum Gasteiger partial charge on any atom is 0.396 e. The molecule has 0 spiro atoms. The molecule has 2 aromatic rings. The second-order valence-corrected chi connectivity index (χ2v) is 9.87. The molecule has 192 valence electrons. The maximum atomic E-state index is 13.7. The first-order chi connectivity index (χ1) is 16.3. The van der Waals surface area contributed by atoms with Gasteiger partial charge in [0.15, 0.2) is 0 Å². The molecule has 0 saturated carbocycles. The Morgan fingerprint density at radius 3 is 2.03 bits per heavy atom. The van der Waals surface area contributed by atoms with Gasteiger partial charge in [-0.1, -0.05) is 63.6 Å². The zero-order valence-corrected chi connectivity index (χ0v) is 20.9. The smallest absolute Gasteiger partial charge is 0.396 e. The average molecular weight is 493 g/mol. The van der Waals surface area contributed by atoms with Crippen molar-refractivity contribution in [1.82, 2.24) is 0 Å². The number of benzene rings is 2. The molecule has 0 bridgehead atoms. The predicted octanol–water partition coefficient (Wildman–Crippen LogP) is 6.42. The lowest BCUT2D eigenvalue weighted by atomic mass is 9.93. The number of hydrogen-bond acceptors (Lipinski definition) is 3. The summed E-state index contributed by atoms with van der Waals surface area (Å²) in [6.07, 6.45) is -5.75. The lowest BCUT2D eigenvalue weighted by Crippen LogP contribution is -2.32. The standard InChI is InChI=1S/C27H35F3N2O3/c1-17(2)15-32(16-18(3)4)24-11-10-21(22(14-26(34)35)27(28,29)30)13-23(24)31-25(33)12-20-8-6-19(5)7-9-20/h6-11,13,17-18,22H,12,14-16H2,1-5H3,(H,31,33)(H,34,35). The summed E-state index contributed by atoms with van der Waals surface area (Å²) in [6, 6.07) is 11.6. The van der Waals surface area contributed by atoms with Crippen LogP contribution >= 0.6 is 0 Å². The first-order valence-corrected chi connectivity index (χ1v) is 11.8. The average Bonchev–Trinajstić information content (AvgIpc) is 2.71. The Bertz CT molecular complexity index is 992. The molecule has 2 aromatic carbocycles. The molecule has 0 aliphatic heterocycles. The van der Waals surface area contributed by atoms with Gasteiger partial charge < -0.3 is 15.3 Å². The fourth-order valence-corrected chi connectivity index (χ4v) is 3.98. The first-order valence-electron chi connectivity index (χ1n) is 11.8. The van der Waals surface area contributed by atoms with Crippen molar-refractivity contribution < 1.29 is 27.9 Å². The van der Waals surface area contributed by atoms with E-state index in [0.29, 0.717) is 18.8 Å². The lowest BCUT2D eigenvalue weighted by molar-refractivity contribution is -0.163. The summed E-state index contributed by atoms with van der Waals surface area (Å²) in [4.78, 5) is 26.1. The van der Waals surface area contributed by atoms with Crippen LogP contribution in [0.2, 0.25) is 0 Å². The summed E-state index contributed by atoms with van der Waals surface area (Å²) >= 11 is 0. The van der Waals surface area contributed by atoms with E-state index in [2.05, 4.69) is 10.2 Å². The maximum absolute atomic E-state index is 13.7. The minimum atomic E-state index is -4.74. The number of carboxylic acids is 1. The Kier molecular flexibility index (Phi) is 9.74. The number of nitrogens with one attached hydrogen (secondary N) is 1. The van der Waals surface area contributed by atoms with Gasteiger partial charge in [0.1, 0.15) is 0 Å². The van der Waals surface area contributed by atoms with Crippen molar-refractivity contribution in [3.63, 3.8) is 0 Å². The van der Waals surface area contributed by atoms with Crippen molar-refractivity contribution in [3.8, 4) is 0 Å². The van der Waals surface area contributed by atoms with Gasteiger partial charge in [0.05, 0.1) is 30.1 Å². The summed E-state index contributed by atoms with van der Waals surface area (Å²) < 4.78 is 41.2. The summed E-state index contributed by atoms with van der Waals surface area (Å²) in [6.45, 7) is 11.4. The van der Waals surface area contributed by atoms with Gasteiger partial charge >= 0.3 is 12.1 Å². The molecule has 35 heavy (non-hydrogen) atoms. The molecule has 1 atom stereocenters. The molecule has 0 radical (unpaired) electrons. The number of alkyl halides is 3. The number of nitrogens with zero attached hydrogens (tertiary/aromatic N) is 1. The Hall–Kier alpha value is -3.03. The van der Waals surface area contributed by atoms with Crippen LogP contribution in [-0.4, -0.2) is 36.2 Å². The van der Waals surface area contributed by atoms with Crippen LogP contribution in [0.15, 0.2) is 42.5 Å². The minimum absolute atomic E-state index is 0.0656. The van der Waals surface area contributed by atoms with E-state index in [9.17, 15) is 22.8 Å². The number of hydrogen-bond donors (Lipinski definition) is 2. The zero-order chi connectivity index (χ0) is 26.3. The van der Waals surface area contributed by atoms with Crippen molar-refractivity contribution in [2.24, 2.45) is 11.8 Å². The van der Waals surface area contributed by atoms with Gasteiger partial charge in [0.25, 0.3) is 0 Å². The molecule has 0 saturated heterocycles. The van der Waals surface area contributed by atoms with E-state index in [1.807, 2.05) is 58.9 Å². The van der Waals surface area contributed by atoms with Crippen LogP contribution in [0.1, 0.15) is 56.7 Å². The third-order valence-corrected chi connectivity index (χ3v) is 5.47. The van der Waals surface area contributed by atoms with Gasteiger partial charge in [-0.05, 0) is 42.0 Å². The van der Waals surface area contributed by atoms with E-state index >= 15 is 0 Å². The number of carbonyl (C=O) groups is 2. The van der Waals surface area contributed by atoms with E-state index in [4.69, 9.17) is 5.11 Å². The molecule has 8 heteroatoms. The van der Waals surface area contributed by atoms with E-state index in [1.165, 1.54) is 12.1 Å². The fourth-order valence-electron chi connectivity index (χ4n) is 3.98. The van der Waals surface area contributed by atoms with Gasteiger partial charge in [-0.25, -0.2) is 0 Å². The summed E-state index contributed by atoms with van der Waals surface area (Å²) in [7, 11) is 0. The van der Waals surface area contributed by atoms with Crippen molar-refractivity contribution in [2.45, 2.75) is 59.6 Å². The van der Waals surface area contributed by atoms with Crippen molar-refractivity contribution in [3.05, 3.63) is 59.2 Å². The number of carbonyl (C=O) groups excluding carboxylic acids is 1. The third kappa shape index (κ3) is 8.92. The molecule has 2 rings (SSSR count). The van der Waals surface area contributed by atoms with Gasteiger partial charge in [-0.2, -0.15) is 13.2 Å². The number of anilines is 2. The van der Waals surface area contributed by atoms with Crippen LogP contribution in [0.5, 0.6) is 0 Å². The zero-order valence-electron chi connectivity index (χ0n) is 20.9. The number of aryl methyl sites for hydroxylation is 1. The monoisotopic (exact) mass is 492 g/mol. The number of carboxylic acid groups (broad SMARTS) is 1. The molecular formula is C27H35F3N2O3. The SMILES string of the molecule is Cc1ccc(CC(=O)Nc2cc(C(CC(=O)O)C(F)(F)F)ccc2N(CC(C)C)CC(C)C)cc1. The molecule has 2 N–H and O–H groups in total. The van der Waals surface area contributed by atoms with Crippen molar-refractivity contribution >= 4 is 23.3 Å². The van der Waals surface area contributed by atoms with E-state index < -0.39 is 24.5 Å². The molecule has 1 unspecified atom stereocenters. The van der Waals surface area contributed by atoms with Gasteiger partial charge in [0.2, 0.25) is 5.91 Å². The minimum Gasteiger partial charge on any atom is -0.481 e. The second kappa shape index (κ2) is 12.1. The van der Waals surface area contributed by atoms with Gasteiger partial charge in [0, 0.05) is 13.1 Å². The highest BCUT2D eigenvalue weighted by Gasteiger charge is 2.42. The van der Waals surface area contributed by atoms with Gasteiger partial charge in [-0.3, -0.25) is 9.59 Å². The van der Waals surface area contributed by atoms with Crippen LogP contribution < -0.4 is 10.2 Å². The van der Waals surface area contributed by atoms with Gasteiger partial charge in [-0.15, -0.1) is 0 Å². The number of rotatable bonds is 11. The number of amides is 1. The fraction of sp³-hybridized carbons (Fsp3) is 0.481. The normalized spacial score (nSPS) is 12.6. The quantitative estimate of drug-likeness (QED) is 0.380. The van der Waals surface area contributed by atoms with E-state index in [-0.39, 0.29) is 35.4 Å². The van der Waals surface area contributed by atoms with Crippen molar-refractivity contribution in [1.29, 1.82) is 0 Å². The van der Waals surface area contributed by atoms with Crippen LogP contribution in [0.25, 0.3) is 0 Å². The highest BCUT2D eigenvalue weighted by atomic mass is 19.4. The molecule has 1 amide bonds. The van der Waals surface area contributed by atoms with Crippen LogP contribution in [0.4, 0.5) is 24.5 Å². The summed E-state index contributed by atoms with van der Waals surface area (Å²) in [5.74, 6) is -3.52. The van der Waals surface area contributed by atoms with Crippen LogP contribution in [0, 0.1) is 18.8 Å². The predicted molar refractivity (Wildman–Crippen MR) is 133 cm³/mol.